The second kappa shape index (κ2) is 7.50. The molecule has 0 aromatic rings. The lowest BCUT2D eigenvalue weighted by Crippen LogP contribution is -2.60. The van der Waals surface area contributed by atoms with Crippen molar-refractivity contribution in [2.45, 2.75) is 110 Å². The van der Waals surface area contributed by atoms with Crippen LogP contribution >= 0.6 is 0 Å². The molecule has 0 saturated heterocycles. The van der Waals surface area contributed by atoms with E-state index in [1.165, 1.54) is 26.7 Å². The molecule has 1 N–H and O–H groups in total. The number of esters is 2. The van der Waals surface area contributed by atoms with Crippen LogP contribution in [0.25, 0.3) is 0 Å². The highest BCUT2D eigenvalue weighted by Crippen LogP contribution is 2.68. The minimum atomic E-state index is -0.932. The molecule has 0 spiro atoms. The van der Waals surface area contributed by atoms with Gasteiger partial charge in [0, 0.05) is 19.3 Å². The number of hydrogen-bond acceptors (Lipinski definition) is 5. The largest absolute Gasteiger partial charge is 0.463 e. The van der Waals surface area contributed by atoms with E-state index in [-0.39, 0.29) is 23.5 Å². The van der Waals surface area contributed by atoms with Gasteiger partial charge in [-0.1, -0.05) is 13.8 Å². The molecule has 4 aliphatic rings. The van der Waals surface area contributed by atoms with Gasteiger partial charge in [-0.05, 0) is 93.8 Å². The smallest absolute Gasteiger partial charge is 0.302 e. The molecule has 5 nitrogen and oxygen atoms in total. The van der Waals surface area contributed by atoms with Crippen molar-refractivity contribution in [2.75, 3.05) is 0 Å². The summed E-state index contributed by atoms with van der Waals surface area (Å²) in [5.41, 5.74) is -0.816. The number of carbonyl (C=O) groups is 2. The first-order valence-electron chi connectivity index (χ1n) is 12.1. The lowest BCUT2D eigenvalue weighted by atomic mass is 9.44. The van der Waals surface area contributed by atoms with Gasteiger partial charge in [-0.3, -0.25) is 9.59 Å². The molecular formula is C25H40O5. The van der Waals surface area contributed by atoms with Crippen LogP contribution in [0.5, 0.6) is 0 Å². The molecule has 170 valence electrons. The van der Waals surface area contributed by atoms with Gasteiger partial charge < -0.3 is 14.6 Å². The Morgan fingerprint density at radius 2 is 1.63 bits per heavy atom. The Morgan fingerprint density at radius 1 is 0.933 bits per heavy atom. The monoisotopic (exact) mass is 420 g/mol. The molecule has 4 fully saturated rings. The van der Waals surface area contributed by atoms with Gasteiger partial charge in [-0.15, -0.1) is 0 Å². The van der Waals surface area contributed by atoms with Crippen molar-refractivity contribution in [1.82, 2.24) is 0 Å². The van der Waals surface area contributed by atoms with Crippen molar-refractivity contribution in [3.8, 4) is 0 Å². The standard InChI is InChI=1S/C25H40O5/c1-15(29-16(2)26)25(28)13-10-22-20-7-6-18-14-19(30-17(3)27)8-11-23(18,4)21(20)9-12-24(22,25)5/h15,18-22,28H,6-14H2,1-5H3/t15-,18+,19-,20+,21-,22-,23+,24-,25+/m1/s1. The molecule has 0 radical (unpaired) electrons. The third-order valence-corrected chi connectivity index (χ3v) is 10.2. The van der Waals surface area contributed by atoms with Gasteiger partial charge in [0.1, 0.15) is 17.8 Å². The van der Waals surface area contributed by atoms with Crippen molar-refractivity contribution in [1.29, 1.82) is 0 Å². The molecule has 0 aromatic carbocycles. The summed E-state index contributed by atoms with van der Waals surface area (Å²) in [6.45, 7) is 9.57. The molecule has 9 atom stereocenters. The predicted molar refractivity (Wildman–Crippen MR) is 113 cm³/mol. The van der Waals surface area contributed by atoms with Gasteiger partial charge in [-0.25, -0.2) is 0 Å². The fraction of sp³-hybridized carbons (Fsp3) is 0.920. The van der Waals surface area contributed by atoms with E-state index < -0.39 is 11.7 Å². The quantitative estimate of drug-likeness (QED) is 0.673. The van der Waals surface area contributed by atoms with E-state index in [0.29, 0.717) is 29.1 Å². The van der Waals surface area contributed by atoms with Gasteiger partial charge in [0.05, 0.1) is 0 Å². The maximum absolute atomic E-state index is 11.7. The normalized spacial score (nSPS) is 48.7. The van der Waals surface area contributed by atoms with E-state index in [1.54, 1.807) is 0 Å². The fourth-order valence-electron chi connectivity index (χ4n) is 8.63. The number of aliphatic hydroxyl groups is 1. The molecule has 0 unspecified atom stereocenters. The summed E-state index contributed by atoms with van der Waals surface area (Å²) in [5, 5.41) is 11.7. The minimum Gasteiger partial charge on any atom is -0.463 e. The van der Waals surface area contributed by atoms with Crippen molar-refractivity contribution in [3.63, 3.8) is 0 Å². The highest BCUT2D eigenvalue weighted by atomic mass is 16.6. The summed E-state index contributed by atoms with van der Waals surface area (Å²) in [4.78, 5) is 23.0. The fourth-order valence-corrected chi connectivity index (χ4v) is 8.63. The molecule has 5 heteroatoms. The summed E-state index contributed by atoms with van der Waals surface area (Å²) >= 11 is 0. The number of ether oxygens (including phenoxy) is 2. The summed E-state index contributed by atoms with van der Waals surface area (Å²) < 4.78 is 11.1. The summed E-state index contributed by atoms with van der Waals surface area (Å²) in [6, 6.07) is 0. The maximum atomic E-state index is 11.7. The van der Waals surface area contributed by atoms with Crippen LogP contribution in [0, 0.1) is 34.5 Å². The number of fused-ring (bicyclic) bond motifs is 5. The van der Waals surface area contributed by atoms with Crippen molar-refractivity contribution in [3.05, 3.63) is 0 Å². The molecule has 4 aliphatic carbocycles. The van der Waals surface area contributed by atoms with Crippen LogP contribution in [-0.2, 0) is 19.1 Å². The Hall–Kier alpha value is -1.10. The molecule has 0 aliphatic heterocycles. The molecule has 0 bridgehead atoms. The average Bonchev–Trinajstić information content (AvgIpc) is 2.93. The van der Waals surface area contributed by atoms with Crippen molar-refractivity contribution in [2.24, 2.45) is 34.5 Å². The zero-order valence-electron chi connectivity index (χ0n) is 19.4. The topological polar surface area (TPSA) is 72.8 Å². The Morgan fingerprint density at radius 3 is 2.30 bits per heavy atom. The van der Waals surface area contributed by atoms with E-state index in [0.717, 1.165) is 44.9 Å². The van der Waals surface area contributed by atoms with Gasteiger partial charge in [-0.2, -0.15) is 0 Å². The lowest BCUT2D eigenvalue weighted by Gasteiger charge is -2.62. The Bertz CT molecular complexity index is 706. The highest BCUT2D eigenvalue weighted by Gasteiger charge is 2.66. The van der Waals surface area contributed by atoms with Crippen LogP contribution in [0.15, 0.2) is 0 Å². The Labute approximate surface area is 181 Å². The second-order valence-corrected chi connectivity index (χ2v) is 11.3. The third-order valence-electron chi connectivity index (χ3n) is 10.2. The van der Waals surface area contributed by atoms with Crippen LogP contribution in [-0.4, -0.2) is 34.9 Å². The molecule has 30 heavy (non-hydrogen) atoms. The van der Waals surface area contributed by atoms with Crippen molar-refractivity contribution < 1.29 is 24.2 Å². The molecule has 4 rings (SSSR count). The van der Waals surface area contributed by atoms with Crippen molar-refractivity contribution >= 4 is 11.9 Å². The van der Waals surface area contributed by atoms with Crippen LogP contribution in [0.1, 0.15) is 92.4 Å². The second-order valence-electron chi connectivity index (χ2n) is 11.3. The first-order chi connectivity index (χ1) is 14.0. The Kier molecular flexibility index (Phi) is 5.52. The SMILES string of the molecule is CC(=O)O[C@@H]1CC[C@@]2(C)[C@@H](CC[C@H]3[C@H]2CC[C@]2(C)[C@@H]3CC[C@]2(O)[C@@H](C)OC(C)=O)C1. The predicted octanol–water partition coefficient (Wildman–Crippen LogP) is 4.64. The van der Waals surface area contributed by atoms with E-state index in [2.05, 4.69) is 13.8 Å². The van der Waals surface area contributed by atoms with Crippen LogP contribution in [0.4, 0.5) is 0 Å². The van der Waals surface area contributed by atoms with Gasteiger partial charge >= 0.3 is 11.9 Å². The lowest BCUT2D eigenvalue weighted by molar-refractivity contribution is -0.201. The van der Waals surface area contributed by atoms with E-state index >= 15 is 0 Å². The van der Waals surface area contributed by atoms with Crippen LogP contribution in [0.3, 0.4) is 0 Å². The first kappa shape index (κ1) is 22.1. The number of hydrogen-bond donors (Lipinski definition) is 1. The Balaban J connectivity index is 1.54. The zero-order chi connectivity index (χ0) is 21.9. The summed E-state index contributed by atoms with van der Waals surface area (Å²) in [6.07, 6.45) is 9.02. The molecular weight excluding hydrogens is 380 g/mol. The maximum Gasteiger partial charge on any atom is 0.302 e. The average molecular weight is 421 g/mol. The number of carbonyl (C=O) groups excluding carboxylic acids is 2. The molecule has 4 saturated carbocycles. The molecule has 0 heterocycles. The van der Waals surface area contributed by atoms with Gasteiger partial charge in [0.2, 0.25) is 0 Å². The van der Waals surface area contributed by atoms with Gasteiger partial charge in [0.25, 0.3) is 0 Å². The zero-order valence-corrected chi connectivity index (χ0v) is 19.4. The third kappa shape index (κ3) is 3.22. The van der Waals surface area contributed by atoms with E-state index in [4.69, 9.17) is 9.47 Å². The van der Waals surface area contributed by atoms with Crippen LogP contribution in [0.2, 0.25) is 0 Å². The minimum absolute atomic E-state index is 0.0899. The van der Waals surface area contributed by atoms with E-state index in [1.807, 2.05) is 6.92 Å². The van der Waals surface area contributed by atoms with Crippen LogP contribution < -0.4 is 0 Å². The summed E-state index contributed by atoms with van der Waals surface area (Å²) in [5.74, 6) is 1.96. The first-order valence-corrected chi connectivity index (χ1v) is 12.1. The molecule has 0 amide bonds. The highest BCUT2D eigenvalue weighted by molar-refractivity contribution is 5.66. The molecule has 0 aromatic heterocycles. The number of rotatable bonds is 3. The summed E-state index contributed by atoms with van der Waals surface area (Å²) in [7, 11) is 0. The van der Waals surface area contributed by atoms with E-state index in [9.17, 15) is 14.7 Å². The van der Waals surface area contributed by atoms with Gasteiger partial charge in [0.15, 0.2) is 0 Å².